The van der Waals surface area contributed by atoms with Crippen LogP contribution in [0.25, 0.3) is 81.2 Å². The molecule has 5 heteroatoms. The first-order valence-electron chi connectivity index (χ1n) is 18.5. The van der Waals surface area contributed by atoms with Crippen LogP contribution in [0.3, 0.4) is 0 Å². The minimum absolute atomic E-state index is 0.808. The second kappa shape index (κ2) is 12.8. The molecule has 0 unspecified atom stereocenters. The van der Waals surface area contributed by atoms with Crippen LogP contribution in [0.1, 0.15) is 0 Å². The van der Waals surface area contributed by atoms with Crippen LogP contribution in [0, 0.1) is 0 Å². The Morgan fingerprint density at radius 3 is 1.78 bits per heavy atom. The Hall–Kier alpha value is -7.08. The lowest BCUT2D eigenvalue weighted by molar-refractivity contribution is 1.08. The maximum atomic E-state index is 5.53. The lowest BCUT2D eigenvalue weighted by Crippen LogP contribution is -2.10. The number of para-hydroxylation sites is 2. The first-order valence-corrected chi connectivity index (χ1v) is 19.3. The quantitative estimate of drug-likeness (QED) is 0.171. The van der Waals surface area contributed by atoms with E-state index in [0.717, 1.165) is 56.2 Å². The van der Waals surface area contributed by atoms with E-state index in [9.17, 15) is 0 Å². The maximum absolute atomic E-state index is 5.53. The number of thiophene rings is 1. The van der Waals surface area contributed by atoms with Gasteiger partial charge < -0.3 is 4.90 Å². The molecule has 0 radical (unpaired) electrons. The van der Waals surface area contributed by atoms with E-state index in [2.05, 4.69) is 204 Å². The fourth-order valence-electron chi connectivity index (χ4n) is 8.04. The number of fused-ring (bicyclic) bond motifs is 8. The van der Waals surface area contributed by atoms with E-state index in [0.29, 0.717) is 0 Å². The van der Waals surface area contributed by atoms with Crippen molar-refractivity contribution >= 4 is 81.4 Å². The number of aromatic nitrogens is 3. The number of nitrogens with zero attached hydrogens (tertiary/aromatic N) is 4. The van der Waals surface area contributed by atoms with Crippen molar-refractivity contribution in [2.75, 3.05) is 4.90 Å². The first kappa shape index (κ1) is 31.4. The van der Waals surface area contributed by atoms with Gasteiger partial charge in [0.1, 0.15) is 5.69 Å². The van der Waals surface area contributed by atoms with Crippen LogP contribution in [0.15, 0.2) is 194 Å². The summed E-state index contributed by atoms with van der Waals surface area (Å²) in [5.41, 5.74) is 11.3. The van der Waals surface area contributed by atoms with Gasteiger partial charge in [-0.25, -0.2) is 9.97 Å². The van der Waals surface area contributed by atoms with Crippen molar-refractivity contribution in [3.05, 3.63) is 194 Å². The Morgan fingerprint density at radius 1 is 0.418 bits per heavy atom. The molecule has 0 N–H and O–H groups in total. The molecule has 0 aliphatic carbocycles. The van der Waals surface area contributed by atoms with Gasteiger partial charge in [0.2, 0.25) is 0 Å². The summed E-state index contributed by atoms with van der Waals surface area (Å²) in [4.78, 5) is 13.3. The van der Waals surface area contributed by atoms with Gasteiger partial charge in [0.05, 0.1) is 22.1 Å². The molecule has 3 aromatic heterocycles. The lowest BCUT2D eigenvalue weighted by atomic mass is 10.0. The van der Waals surface area contributed by atoms with E-state index in [4.69, 9.17) is 9.97 Å². The van der Waals surface area contributed by atoms with E-state index < -0.39 is 0 Å². The summed E-state index contributed by atoms with van der Waals surface area (Å²) in [7, 11) is 0. The molecule has 0 bridgehead atoms. The summed E-state index contributed by atoms with van der Waals surface area (Å²) < 4.78 is 4.91. The maximum Gasteiger partial charge on any atom is 0.165 e. The molecule has 4 nitrogen and oxygen atoms in total. The first-order chi connectivity index (χ1) is 27.3. The molecule has 0 saturated heterocycles. The molecule has 0 amide bonds. The van der Waals surface area contributed by atoms with E-state index in [-0.39, 0.29) is 0 Å². The smallest absolute Gasteiger partial charge is 0.165 e. The van der Waals surface area contributed by atoms with Crippen molar-refractivity contribution in [1.82, 2.24) is 14.5 Å². The molecular formula is C50H32N4S. The zero-order valence-corrected chi connectivity index (χ0v) is 30.5. The van der Waals surface area contributed by atoms with Crippen LogP contribution in [0.5, 0.6) is 0 Å². The molecule has 0 aliphatic heterocycles. The molecule has 11 aromatic rings. The molecule has 0 spiro atoms. The summed E-state index contributed by atoms with van der Waals surface area (Å²) in [5, 5.41) is 5.00. The Kier molecular flexibility index (Phi) is 7.32. The molecular weight excluding hydrogens is 689 g/mol. The second-order valence-corrected chi connectivity index (χ2v) is 14.9. The van der Waals surface area contributed by atoms with Gasteiger partial charge in [0.15, 0.2) is 5.82 Å². The highest BCUT2D eigenvalue weighted by atomic mass is 32.1. The Bertz CT molecular complexity index is 3150. The zero-order chi connectivity index (χ0) is 36.3. The average Bonchev–Trinajstić information content (AvgIpc) is 3.80. The molecule has 8 aromatic carbocycles. The predicted octanol–water partition coefficient (Wildman–Crippen LogP) is 13.9. The summed E-state index contributed by atoms with van der Waals surface area (Å²) in [6.45, 7) is 0. The Balaban J connectivity index is 1.20. The predicted molar refractivity (Wildman–Crippen MR) is 232 cm³/mol. The molecule has 11 rings (SSSR count). The minimum Gasteiger partial charge on any atom is -0.310 e. The zero-order valence-electron chi connectivity index (χ0n) is 29.7. The number of hydrogen-bond donors (Lipinski definition) is 0. The third kappa shape index (κ3) is 5.20. The van der Waals surface area contributed by atoms with Gasteiger partial charge in [-0.2, -0.15) is 0 Å². The van der Waals surface area contributed by atoms with Gasteiger partial charge in [-0.15, -0.1) is 11.3 Å². The molecule has 0 aliphatic rings. The van der Waals surface area contributed by atoms with Crippen LogP contribution in [-0.4, -0.2) is 14.5 Å². The molecule has 3 heterocycles. The minimum atomic E-state index is 0.808. The number of hydrogen-bond acceptors (Lipinski definition) is 4. The SMILES string of the molecule is c1ccc(-c2ccc3c(c2)c2c4sc5ccccc5c4ccc2n3-c2nc3ccc(N(c4ccccc4)c4ccccc4)cc3nc2-c2ccccc2)cc1. The van der Waals surface area contributed by atoms with Crippen molar-refractivity contribution in [1.29, 1.82) is 0 Å². The van der Waals surface area contributed by atoms with Crippen LogP contribution in [0.4, 0.5) is 17.1 Å². The second-order valence-electron chi connectivity index (χ2n) is 13.8. The van der Waals surface area contributed by atoms with Gasteiger partial charge in [0.25, 0.3) is 0 Å². The molecule has 0 saturated carbocycles. The van der Waals surface area contributed by atoms with E-state index in [1.165, 1.54) is 42.1 Å². The van der Waals surface area contributed by atoms with Gasteiger partial charge >= 0.3 is 0 Å². The molecule has 55 heavy (non-hydrogen) atoms. The summed E-state index contributed by atoms with van der Waals surface area (Å²) in [6.07, 6.45) is 0. The van der Waals surface area contributed by atoms with Crippen LogP contribution < -0.4 is 4.90 Å². The van der Waals surface area contributed by atoms with Crippen LogP contribution in [-0.2, 0) is 0 Å². The monoisotopic (exact) mass is 720 g/mol. The Morgan fingerprint density at radius 2 is 1.05 bits per heavy atom. The highest BCUT2D eigenvalue weighted by Gasteiger charge is 2.23. The van der Waals surface area contributed by atoms with Crippen molar-refractivity contribution < 1.29 is 0 Å². The number of anilines is 3. The largest absolute Gasteiger partial charge is 0.310 e. The standard InChI is InChI=1S/C50H32N4S/c1-5-15-33(16-6-1)35-25-29-44-41(31-35)47-45(30-27-40-39-23-13-14-24-46(39)55-49(40)47)54(44)50-48(34-17-7-2-8-18-34)51-43-32-38(26-28-42(43)52-50)53(36-19-9-3-10-20-36)37-21-11-4-12-22-37/h1-32H. The van der Waals surface area contributed by atoms with E-state index >= 15 is 0 Å². The Labute approximate surface area is 321 Å². The van der Waals surface area contributed by atoms with Crippen LogP contribution >= 0.6 is 11.3 Å². The van der Waals surface area contributed by atoms with Crippen molar-refractivity contribution in [2.24, 2.45) is 0 Å². The third-order valence-electron chi connectivity index (χ3n) is 10.6. The highest BCUT2D eigenvalue weighted by Crippen LogP contribution is 2.45. The molecule has 258 valence electrons. The average molecular weight is 721 g/mol. The number of rotatable bonds is 6. The summed E-state index contributed by atoms with van der Waals surface area (Å²) in [6, 6.07) is 68.7. The van der Waals surface area contributed by atoms with E-state index in [1.54, 1.807) is 0 Å². The van der Waals surface area contributed by atoms with Crippen molar-refractivity contribution in [3.8, 4) is 28.2 Å². The lowest BCUT2D eigenvalue weighted by Gasteiger charge is -2.25. The fourth-order valence-corrected chi connectivity index (χ4v) is 9.30. The topological polar surface area (TPSA) is 34.0 Å². The van der Waals surface area contributed by atoms with Gasteiger partial charge in [-0.3, -0.25) is 4.57 Å². The fraction of sp³-hybridized carbons (Fsp3) is 0. The molecule has 0 atom stereocenters. The molecule has 0 fully saturated rings. The normalized spacial score (nSPS) is 11.6. The van der Waals surface area contributed by atoms with Crippen LogP contribution in [0.2, 0.25) is 0 Å². The van der Waals surface area contributed by atoms with Gasteiger partial charge in [-0.05, 0) is 77.9 Å². The van der Waals surface area contributed by atoms with Crippen molar-refractivity contribution in [3.63, 3.8) is 0 Å². The number of benzene rings is 8. The van der Waals surface area contributed by atoms with Gasteiger partial charge in [0, 0.05) is 53.6 Å². The summed E-state index contributed by atoms with van der Waals surface area (Å²) >= 11 is 1.87. The van der Waals surface area contributed by atoms with Gasteiger partial charge in [-0.1, -0.05) is 127 Å². The third-order valence-corrected chi connectivity index (χ3v) is 11.8. The van der Waals surface area contributed by atoms with Crippen molar-refractivity contribution in [2.45, 2.75) is 0 Å². The summed E-state index contributed by atoms with van der Waals surface area (Å²) in [5.74, 6) is 0.808. The van der Waals surface area contributed by atoms with E-state index in [1.807, 2.05) is 11.3 Å². The highest BCUT2D eigenvalue weighted by molar-refractivity contribution is 7.26.